The molecule has 5 rings (SSSR count). The van der Waals surface area contributed by atoms with Crippen molar-refractivity contribution < 1.29 is 9.32 Å². The van der Waals surface area contributed by atoms with E-state index in [0.29, 0.717) is 5.82 Å². The number of carbonyl (C=O) groups is 1. The highest BCUT2D eigenvalue weighted by molar-refractivity contribution is 5.91. The molecule has 0 aliphatic heterocycles. The molecule has 0 bridgehead atoms. The van der Waals surface area contributed by atoms with Gasteiger partial charge in [0.1, 0.15) is 11.4 Å². The number of hydrogen-bond donors (Lipinski definition) is 1. The average Bonchev–Trinajstić information content (AvgIpc) is 3.47. The van der Waals surface area contributed by atoms with Crippen molar-refractivity contribution in [2.75, 3.05) is 5.32 Å². The predicted octanol–water partition coefficient (Wildman–Crippen LogP) is 5.53. The van der Waals surface area contributed by atoms with Crippen molar-refractivity contribution in [3.05, 3.63) is 90.7 Å². The third kappa shape index (κ3) is 4.45. The first-order chi connectivity index (χ1) is 16.4. The first-order valence-electron chi connectivity index (χ1n) is 11.1. The first-order valence-corrected chi connectivity index (χ1v) is 11.1. The molecule has 0 radical (unpaired) electrons. The second kappa shape index (κ2) is 8.59. The summed E-state index contributed by atoms with van der Waals surface area (Å²) in [5.74, 6) is 1.02. The van der Waals surface area contributed by atoms with Gasteiger partial charge in [-0.2, -0.15) is 0 Å². The summed E-state index contributed by atoms with van der Waals surface area (Å²) in [5.41, 5.74) is 5.83. The number of nitrogens with one attached hydrogen (secondary N) is 1. The first kappa shape index (κ1) is 21.6. The number of amides is 1. The van der Waals surface area contributed by atoms with Crippen LogP contribution >= 0.6 is 0 Å². The molecule has 1 aromatic carbocycles. The maximum Gasteiger partial charge on any atom is 0.230 e. The van der Waals surface area contributed by atoms with Gasteiger partial charge in [0.25, 0.3) is 0 Å². The van der Waals surface area contributed by atoms with Crippen LogP contribution < -0.4 is 5.32 Å². The Balaban J connectivity index is 1.29. The Morgan fingerprint density at radius 3 is 2.44 bits per heavy atom. The van der Waals surface area contributed by atoms with Gasteiger partial charge in [-0.3, -0.25) is 14.2 Å². The van der Waals surface area contributed by atoms with Gasteiger partial charge < -0.3 is 9.84 Å². The van der Waals surface area contributed by atoms with Crippen molar-refractivity contribution in [2.45, 2.75) is 32.6 Å². The van der Waals surface area contributed by atoms with Crippen molar-refractivity contribution in [1.82, 2.24) is 19.5 Å². The van der Waals surface area contributed by atoms with Gasteiger partial charge in [-0.1, -0.05) is 50.2 Å². The Bertz CT molecular complexity index is 1440. The fraction of sp³-hybridized carbons (Fsp3) is 0.185. The van der Waals surface area contributed by atoms with Crippen LogP contribution in [0, 0.1) is 0 Å². The van der Waals surface area contributed by atoms with Crippen LogP contribution in [0.4, 0.5) is 5.82 Å². The van der Waals surface area contributed by atoms with E-state index in [4.69, 9.17) is 4.52 Å². The Morgan fingerprint density at radius 1 is 0.971 bits per heavy atom. The summed E-state index contributed by atoms with van der Waals surface area (Å²) in [6, 6.07) is 17.8. The molecule has 34 heavy (non-hydrogen) atoms. The van der Waals surface area contributed by atoms with Crippen LogP contribution in [0.5, 0.6) is 0 Å². The van der Waals surface area contributed by atoms with Crippen LogP contribution in [0.25, 0.3) is 28.0 Å². The van der Waals surface area contributed by atoms with E-state index in [1.54, 1.807) is 18.5 Å². The van der Waals surface area contributed by atoms with Gasteiger partial charge in [0.15, 0.2) is 5.82 Å². The van der Waals surface area contributed by atoms with E-state index >= 15 is 0 Å². The fourth-order valence-corrected chi connectivity index (χ4v) is 3.77. The van der Waals surface area contributed by atoms with Gasteiger partial charge in [0, 0.05) is 35.6 Å². The van der Waals surface area contributed by atoms with Crippen LogP contribution in [0.2, 0.25) is 0 Å². The number of benzene rings is 1. The Kier molecular flexibility index (Phi) is 5.45. The van der Waals surface area contributed by atoms with Crippen LogP contribution in [-0.2, 0) is 16.6 Å². The van der Waals surface area contributed by atoms with Crippen LogP contribution in [-0.4, -0.2) is 25.4 Å². The lowest BCUT2D eigenvalue weighted by atomic mass is 9.93. The van der Waals surface area contributed by atoms with Gasteiger partial charge in [-0.25, -0.2) is 4.98 Å². The highest BCUT2D eigenvalue weighted by Crippen LogP contribution is 2.26. The maximum atomic E-state index is 12.5. The molecule has 0 spiro atoms. The number of nitrogens with zero attached hydrogens (tertiary/aromatic N) is 4. The molecule has 0 saturated heterocycles. The highest BCUT2D eigenvalue weighted by Gasteiger charge is 2.20. The van der Waals surface area contributed by atoms with E-state index in [-0.39, 0.29) is 17.7 Å². The Hall–Kier alpha value is -4.26. The number of hydrogen-bond acceptors (Lipinski definition) is 5. The second-order valence-electron chi connectivity index (χ2n) is 9.27. The number of carbonyl (C=O) groups excluding carboxylic acids is 1. The number of imidazole rings is 1. The molecular weight excluding hydrogens is 426 g/mol. The third-order valence-electron chi connectivity index (χ3n) is 5.66. The summed E-state index contributed by atoms with van der Waals surface area (Å²) >= 11 is 0. The molecule has 0 unspecified atom stereocenters. The molecule has 4 aromatic heterocycles. The molecule has 0 aliphatic rings. The van der Waals surface area contributed by atoms with Gasteiger partial charge >= 0.3 is 0 Å². The van der Waals surface area contributed by atoms with Crippen molar-refractivity contribution in [3.63, 3.8) is 0 Å². The lowest BCUT2D eigenvalue weighted by Gasteiger charge is -2.12. The Labute approximate surface area is 197 Å². The van der Waals surface area contributed by atoms with Gasteiger partial charge in [0.2, 0.25) is 5.91 Å². The number of pyridine rings is 2. The summed E-state index contributed by atoms with van der Waals surface area (Å²) in [7, 11) is 0. The van der Waals surface area contributed by atoms with Crippen molar-refractivity contribution >= 4 is 17.4 Å². The standard InChI is InChI=1S/C27H25N5O2/c1-27(2,3)23-16-24(31-34-23)30-26(33)14-18-4-6-20(7-5-18)22-17-29-25-15-21(10-13-32(22)25)19-8-11-28-12-9-19/h4-13,15-17H,14H2,1-3H3,(H,30,31,33). The predicted molar refractivity (Wildman–Crippen MR) is 131 cm³/mol. The molecule has 7 nitrogen and oxygen atoms in total. The minimum atomic E-state index is -0.162. The average molecular weight is 452 g/mol. The minimum Gasteiger partial charge on any atom is -0.359 e. The smallest absolute Gasteiger partial charge is 0.230 e. The van der Waals surface area contributed by atoms with Crippen molar-refractivity contribution in [3.8, 4) is 22.4 Å². The van der Waals surface area contributed by atoms with Crippen molar-refractivity contribution in [2.24, 2.45) is 0 Å². The zero-order chi connectivity index (χ0) is 23.7. The van der Waals surface area contributed by atoms with E-state index < -0.39 is 0 Å². The largest absolute Gasteiger partial charge is 0.359 e. The van der Waals surface area contributed by atoms with E-state index in [9.17, 15) is 4.79 Å². The molecule has 7 heteroatoms. The zero-order valence-corrected chi connectivity index (χ0v) is 19.3. The topological polar surface area (TPSA) is 85.3 Å². The van der Waals surface area contributed by atoms with Gasteiger partial charge in [-0.15, -0.1) is 0 Å². The quantitative estimate of drug-likeness (QED) is 0.380. The monoisotopic (exact) mass is 451 g/mol. The fourth-order valence-electron chi connectivity index (χ4n) is 3.77. The molecule has 0 aliphatic carbocycles. The van der Waals surface area contributed by atoms with Gasteiger partial charge in [-0.05, 0) is 41.0 Å². The summed E-state index contributed by atoms with van der Waals surface area (Å²) < 4.78 is 7.39. The number of anilines is 1. The number of aromatic nitrogens is 4. The molecule has 0 saturated carbocycles. The summed E-state index contributed by atoms with van der Waals surface area (Å²) in [4.78, 5) is 21.1. The molecule has 1 N–H and O–H groups in total. The lowest BCUT2D eigenvalue weighted by molar-refractivity contribution is -0.115. The van der Waals surface area contributed by atoms with Crippen molar-refractivity contribution in [1.29, 1.82) is 0 Å². The van der Waals surface area contributed by atoms with Crippen LogP contribution in [0.1, 0.15) is 32.1 Å². The molecule has 5 aromatic rings. The normalized spacial score (nSPS) is 11.6. The molecule has 170 valence electrons. The summed E-state index contributed by atoms with van der Waals surface area (Å²) in [5, 5.41) is 6.75. The third-order valence-corrected chi connectivity index (χ3v) is 5.66. The number of rotatable bonds is 5. The van der Waals surface area contributed by atoms with E-state index in [0.717, 1.165) is 39.4 Å². The van der Waals surface area contributed by atoms with E-state index in [1.807, 2.05) is 69.6 Å². The molecule has 1 amide bonds. The second-order valence-corrected chi connectivity index (χ2v) is 9.27. The molecule has 0 fully saturated rings. The molecular formula is C27H25N5O2. The lowest BCUT2D eigenvalue weighted by Crippen LogP contribution is -2.14. The highest BCUT2D eigenvalue weighted by atomic mass is 16.5. The Morgan fingerprint density at radius 2 is 1.74 bits per heavy atom. The van der Waals surface area contributed by atoms with Crippen LogP contribution in [0.15, 0.2) is 83.9 Å². The van der Waals surface area contributed by atoms with E-state index in [1.165, 1.54) is 0 Å². The molecule has 4 heterocycles. The maximum absolute atomic E-state index is 12.5. The zero-order valence-electron chi connectivity index (χ0n) is 19.3. The summed E-state index contributed by atoms with van der Waals surface area (Å²) in [6.45, 7) is 6.10. The SMILES string of the molecule is CC(C)(C)c1cc(NC(=O)Cc2ccc(-c3cnc4cc(-c5ccncc5)ccn34)cc2)no1. The minimum absolute atomic E-state index is 0.139. The van der Waals surface area contributed by atoms with Crippen LogP contribution in [0.3, 0.4) is 0 Å². The van der Waals surface area contributed by atoms with Gasteiger partial charge in [0.05, 0.1) is 18.3 Å². The molecule has 0 atom stereocenters. The van der Waals surface area contributed by atoms with E-state index in [2.05, 4.69) is 37.0 Å². The summed E-state index contributed by atoms with van der Waals surface area (Å²) in [6.07, 6.45) is 7.71. The number of fused-ring (bicyclic) bond motifs is 1.